The van der Waals surface area contributed by atoms with E-state index in [2.05, 4.69) is 4.98 Å². The quantitative estimate of drug-likeness (QED) is 0.718. The Balaban J connectivity index is 2.44. The van der Waals surface area contributed by atoms with Gasteiger partial charge in [-0.25, -0.2) is 9.37 Å². The van der Waals surface area contributed by atoms with Crippen molar-refractivity contribution in [1.82, 2.24) is 4.98 Å². The summed E-state index contributed by atoms with van der Waals surface area (Å²) >= 11 is 0. The summed E-state index contributed by atoms with van der Waals surface area (Å²) in [5.41, 5.74) is 2.95. The van der Waals surface area contributed by atoms with Crippen LogP contribution in [0.25, 0.3) is 10.9 Å². The van der Waals surface area contributed by atoms with Crippen molar-refractivity contribution in [2.45, 2.75) is 32.6 Å². The highest BCUT2D eigenvalue weighted by Gasteiger charge is 2.21. The number of fused-ring (bicyclic) bond motifs is 2. The molecule has 3 rings (SSSR count). The largest absolute Gasteiger partial charge is 0.294 e. The number of nitrogens with zero attached hydrogens (tertiary/aromatic N) is 1. The summed E-state index contributed by atoms with van der Waals surface area (Å²) in [6, 6.07) is 4.83. The van der Waals surface area contributed by atoms with Crippen molar-refractivity contribution < 1.29 is 9.18 Å². The van der Waals surface area contributed by atoms with Gasteiger partial charge in [-0.2, -0.15) is 0 Å². The minimum absolute atomic E-state index is 0.00569. The number of hydrogen-bond donors (Lipinski definition) is 0. The van der Waals surface area contributed by atoms with Gasteiger partial charge >= 0.3 is 0 Å². The fourth-order valence-corrected chi connectivity index (χ4v) is 2.81. The first-order chi connectivity index (χ1) is 8.68. The van der Waals surface area contributed by atoms with Crippen LogP contribution in [0.5, 0.6) is 0 Å². The number of pyridine rings is 1. The number of carbonyl (C=O) groups is 1. The molecule has 0 saturated heterocycles. The standard InChI is InChI=1S/C15H14FNO/c1-9(18)14-10-5-2-3-8-13(10)17-15-11(14)6-4-7-12(15)16/h4,6-7H,2-3,5,8H2,1H3. The molecule has 1 heterocycles. The van der Waals surface area contributed by atoms with Gasteiger partial charge < -0.3 is 0 Å². The van der Waals surface area contributed by atoms with Gasteiger partial charge in [-0.15, -0.1) is 0 Å². The second-order valence-electron chi connectivity index (χ2n) is 4.81. The van der Waals surface area contributed by atoms with Crippen molar-refractivity contribution in [3.63, 3.8) is 0 Å². The number of hydrogen-bond acceptors (Lipinski definition) is 2. The van der Waals surface area contributed by atoms with Gasteiger partial charge in [-0.05, 0) is 44.2 Å². The van der Waals surface area contributed by atoms with Crippen molar-refractivity contribution in [3.8, 4) is 0 Å². The van der Waals surface area contributed by atoms with E-state index in [-0.39, 0.29) is 11.6 Å². The Bertz CT molecular complexity index is 648. The smallest absolute Gasteiger partial charge is 0.160 e. The summed E-state index contributed by atoms with van der Waals surface area (Å²) in [5, 5.41) is 0.656. The molecule has 0 unspecified atom stereocenters. The molecule has 0 bridgehead atoms. The van der Waals surface area contributed by atoms with Crippen LogP contribution in [0.15, 0.2) is 18.2 Å². The molecule has 0 spiro atoms. The zero-order valence-corrected chi connectivity index (χ0v) is 10.3. The van der Waals surface area contributed by atoms with Crippen molar-refractivity contribution in [2.75, 3.05) is 0 Å². The number of ketones is 1. The Morgan fingerprint density at radius 2 is 2.06 bits per heavy atom. The van der Waals surface area contributed by atoms with Crippen LogP contribution in [0, 0.1) is 5.82 Å². The fraction of sp³-hybridized carbons (Fsp3) is 0.333. The predicted molar refractivity (Wildman–Crippen MR) is 68.3 cm³/mol. The average Bonchev–Trinajstić information content (AvgIpc) is 2.36. The van der Waals surface area contributed by atoms with Crippen LogP contribution in [-0.2, 0) is 12.8 Å². The van der Waals surface area contributed by atoms with Crippen LogP contribution in [0.3, 0.4) is 0 Å². The highest BCUT2D eigenvalue weighted by molar-refractivity contribution is 6.07. The first-order valence-corrected chi connectivity index (χ1v) is 6.29. The summed E-state index contributed by atoms with van der Waals surface area (Å²) in [4.78, 5) is 16.3. The van der Waals surface area contributed by atoms with Crippen LogP contribution in [0.2, 0.25) is 0 Å². The third kappa shape index (κ3) is 1.62. The van der Waals surface area contributed by atoms with E-state index >= 15 is 0 Å². The number of para-hydroxylation sites is 1. The number of Topliss-reactive ketones (excluding diaryl/α,β-unsaturated/α-hetero) is 1. The second-order valence-corrected chi connectivity index (χ2v) is 4.81. The van der Waals surface area contributed by atoms with E-state index in [1.54, 1.807) is 19.1 Å². The third-order valence-corrected chi connectivity index (χ3v) is 3.60. The minimum atomic E-state index is -0.344. The molecule has 1 aromatic heterocycles. The van der Waals surface area contributed by atoms with E-state index in [0.29, 0.717) is 16.5 Å². The molecule has 2 nitrogen and oxygen atoms in total. The van der Waals surface area contributed by atoms with Crippen molar-refractivity contribution in [3.05, 3.63) is 40.8 Å². The first-order valence-electron chi connectivity index (χ1n) is 6.29. The van der Waals surface area contributed by atoms with Gasteiger partial charge in [-0.3, -0.25) is 4.79 Å². The van der Waals surface area contributed by atoms with Crippen LogP contribution in [-0.4, -0.2) is 10.8 Å². The first kappa shape index (κ1) is 11.3. The molecule has 92 valence electrons. The highest BCUT2D eigenvalue weighted by atomic mass is 19.1. The average molecular weight is 243 g/mol. The normalized spacial score (nSPS) is 14.6. The molecular formula is C15H14FNO. The molecular weight excluding hydrogens is 229 g/mol. The summed E-state index contributed by atoms with van der Waals surface area (Å²) < 4.78 is 13.8. The van der Waals surface area contributed by atoms with E-state index in [0.717, 1.165) is 36.9 Å². The molecule has 0 aliphatic heterocycles. The molecule has 0 N–H and O–H groups in total. The highest BCUT2D eigenvalue weighted by Crippen LogP contribution is 2.30. The molecule has 1 aliphatic rings. The molecule has 1 aliphatic carbocycles. The minimum Gasteiger partial charge on any atom is -0.294 e. The van der Waals surface area contributed by atoms with Gasteiger partial charge in [0.15, 0.2) is 5.78 Å². The van der Waals surface area contributed by atoms with Crippen LogP contribution < -0.4 is 0 Å². The summed E-state index contributed by atoms with van der Waals surface area (Å²) in [6.45, 7) is 1.55. The van der Waals surface area contributed by atoms with E-state index in [1.165, 1.54) is 6.07 Å². The lowest BCUT2D eigenvalue weighted by molar-refractivity contribution is 0.101. The molecule has 0 atom stereocenters. The third-order valence-electron chi connectivity index (χ3n) is 3.60. The van der Waals surface area contributed by atoms with Gasteiger partial charge in [0.1, 0.15) is 11.3 Å². The van der Waals surface area contributed by atoms with Gasteiger partial charge in [-0.1, -0.05) is 12.1 Å². The second kappa shape index (κ2) is 4.16. The maximum absolute atomic E-state index is 13.8. The van der Waals surface area contributed by atoms with E-state index in [1.807, 2.05) is 0 Å². The summed E-state index contributed by atoms with van der Waals surface area (Å²) in [5.74, 6) is -0.338. The topological polar surface area (TPSA) is 30.0 Å². The van der Waals surface area contributed by atoms with Gasteiger partial charge in [0.2, 0.25) is 0 Å². The van der Waals surface area contributed by atoms with Gasteiger partial charge in [0, 0.05) is 16.6 Å². The Hall–Kier alpha value is -1.77. The monoisotopic (exact) mass is 243 g/mol. The van der Waals surface area contributed by atoms with Gasteiger partial charge in [0.25, 0.3) is 0 Å². The zero-order valence-electron chi connectivity index (χ0n) is 10.3. The van der Waals surface area contributed by atoms with Gasteiger partial charge in [0.05, 0.1) is 0 Å². The number of halogens is 1. The molecule has 3 heteroatoms. The number of benzene rings is 1. The Kier molecular flexibility index (Phi) is 2.62. The lowest BCUT2D eigenvalue weighted by Crippen LogP contribution is -2.12. The molecule has 18 heavy (non-hydrogen) atoms. The SMILES string of the molecule is CC(=O)c1c2c(nc3c(F)cccc13)CCCC2. The number of carbonyl (C=O) groups excluding carboxylic acids is 1. The van der Waals surface area contributed by atoms with E-state index in [9.17, 15) is 9.18 Å². The number of aryl methyl sites for hydroxylation is 1. The van der Waals surface area contributed by atoms with Crippen molar-refractivity contribution >= 4 is 16.7 Å². The summed E-state index contributed by atoms with van der Waals surface area (Å²) in [7, 11) is 0. The molecule has 0 amide bonds. The molecule has 0 saturated carbocycles. The van der Waals surface area contributed by atoms with E-state index < -0.39 is 0 Å². The lowest BCUT2D eigenvalue weighted by atomic mass is 9.88. The van der Waals surface area contributed by atoms with Crippen LogP contribution >= 0.6 is 0 Å². The molecule has 1 aromatic carbocycles. The van der Waals surface area contributed by atoms with Crippen molar-refractivity contribution in [1.29, 1.82) is 0 Å². The predicted octanol–water partition coefficient (Wildman–Crippen LogP) is 3.46. The maximum Gasteiger partial charge on any atom is 0.160 e. The molecule has 0 fully saturated rings. The summed E-state index contributed by atoms with van der Waals surface area (Å²) in [6.07, 6.45) is 3.87. The zero-order chi connectivity index (χ0) is 12.7. The molecule has 0 radical (unpaired) electrons. The van der Waals surface area contributed by atoms with Crippen LogP contribution in [0.4, 0.5) is 4.39 Å². The Labute approximate surface area is 105 Å². The van der Waals surface area contributed by atoms with Crippen molar-refractivity contribution in [2.24, 2.45) is 0 Å². The van der Waals surface area contributed by atoms with Crippen LogP contribution in [0.1, 0.15) is 41.4 Å². The number of rotatable bonds is 1. The Morgan fingerprint density at radius 1 is 1.28 bits per heavy atom. The lowest BCUT2D eigenvalue weighted by Gasteiger charge is -2.19. The number of aromatic nitrogens is 1. The fourth-order valence-electron chi connectivity index (χ4n) is 2.81. The Morgan fingerprint density at radius 3 is 2.83 bits per heavy atom. The maximum atomic E-state index is 13.8. The van der Waals surface area contributed by atoms with E-state index in [4.69, 9.17) is 0 Å². The molecule has 2 aromatic rings.